The molecule has 21 heavy (non-hydrogen) atoms. The molecule has 1 N–H and O–H groups in total. The zero-order valence-corrected chi connectivity index (χ0v) is 12.2. The molecule has 2 aromatic rings. The summed E-state index contributed by atoms with van der Waals surface area (Å²) in [7, 11) is 0. The molecule has 1 aliphatic rings. The minimum absolute atomic E-state index is 0.0492. The Morgan fingerprint density at radius 1 is 1.19 bits per heavy atom. The monoisotopic (exact) mass is 289 g/mol. The lowest BCUT2D eigenvalue weighted by molar-refractivity contribution is 0.0204. The molecule has 3 nitrogen and oxygen atoms in total. The lowest BCUT2D eigenvalue weighted by Gasteiger charge is -2.23. The van der Waals surface area contributed by atoms with Gasteiger partial charge in [0.2, 0.25) is 0 Å². The molecule has 0 radical (unpaired) electrons. The molecule has 1 aliphatic heterocycles. The van der Waals surface area contributed by atoms with Crippen molar-refractivity contribution < 1.29 is 13.5 Å². The van der Waals surface area contributed by atoms with Gasteiger partial charge in [-0.25, -0.2) is 4.39 Å². The van der Waals surface area contributed by atoms with Crippen LogP contribution in [0.3, 0.4) is 0 Å². The van der Waals surface area contributed by atoms with Crippen LogP contribution in [0.25, 0.3) is 11.3 Å². The van der Waals surface area contributed by atoms with Crippen molar-refractivity contribution in [3.8, 4) is 11.3 Å². The quantitative estimate of drug-likeness (QED) is 0.910. The predicted octanol–water partition coefficient (Wildman–Crippen LogP) is 3.74. The van der Waals surface area contributed by atoms with E-state index in [0.717, 1.165) is 43.1 Å². The first-order chi connectivity index (χ1) is 10.1. The second kappa shape index (κ2) is 6.00. The van der Waals surface area contributed by atoms with E-state index in [4.69, 9.17) is 9.15 Å². The summed E-state index contributed by atoms with van der Waals surface area (Å²) in [5, 5.41) is 3.38. The van der Waals surface area contributed by atoms with Crippen molar-refractivity contribution in [1.82, 2.24) is 5.32 Å². The SMILES string of the molecule is CC1(CNCc2ccc(-c3ccc(F)cc3)o2)CCCO1. The van der Waals surface area contributed by atoms with E-state index in [1.165, 1.54) is 12.1 Å². The highest BCUT2D eigenvalue weighted by Gasteiger charge is 2.29. The minimum atomic E-state index is -0.239. The lowest BCUT2D eigenvalue weighted by atomic mass is 10.0. The molecule has 1 aromatic carbocycles. The molecule has 1 fully saturated rings. The van der Waals surface area contributed by atoms with Gasteiger partial charge in [-0.05, 0) is 56.2 Å². The zero-order valence-electron chi connectivity index (χ0n) is 12.2. The first-order valence-corrected chi connectivity index (χ1v) is 7.34. The number of rotatable bonds is 5. The molecule has 1 unspecified atom stereocenters. The van der Waals surface area contributed by atoms with E-state index in [2.05, 4.69) is 12.2 Å². The van der Waals surface area contributed by atoms with Crippen LogP contribution in [0, 0.1) is 5.82 Å². The molecule has 4 heteroatoms. The van der Waals surface area contributed by atoms with Crippen LogP contribution < -0.4 is 5.32 Å². The highest BCUT2D eigenvalue weighted by Crippen LogP contribution is 2.25. The summed E-state index contributed by atoms with van der Waals surface area (Å²) in [6.07, 6.45) is 2.23. The van der Waals surface area contributed by atoms with Gasteiger partial charge in [-0.1, -0.05) is 0 Å². The summed E-state index contributed by atoms with van der Waals surface area (Å²) >= 11 is 0. The average molecular weight is 289 g/mol. The average Bonchev–Trinajstić information content (AvgIpc) is 3.10. The Morgan fingerprint density at radius 2 is 2.00 bits per heavy atom. The van der Waals surface area contributed by atoms with E-state index >= 15 is 0 Å². The van der Waals surface area contributed by atoms with Crippen molar-refractivity contribution in [2.24, 2.45) is 0 Å². The van der Waals surface area contributed by atoms with Gasteiger partial charge in [0.05, 0.1) is 12.1 Å². The van der Waals surface area contributed by atoms with Gasteiger partial charge < -0.3 is 14.5 Å². The van der Waals surface area contributed by atoms with Crippen molar-refractivity contribution >= 4 is 0 Å². The Labute approximate surface area is 124 Å². The van der Waals surface area contributed by atoms with Crippen molar-refractivity contribution in [3.63, 3.8) is 0 Å². The number of hydrogen-bond acceptors (Lipinski definition) is 3. The van der Waals surface area contributed by atoms with Gasteiger partial charge in [0, 0.05) is 18.7 Å². The molecule has 112 valence electrons. The molecular formula is C17H20FNO2. The van der Waals surface area contributed by atoms with Crippen molar-refractivity contribution in [2.45, 2.75) is 31.9 Å². The molecule has 0 amide bonds. The summed E-state index contributed by atoms with van der Waals surface area (Å²) in [6, 6.07) is 10.2. The number of ether oxygens (including phenoxy) is 1. The number of nitrogens with one attached hydrogen (secondary N) is 1. The van der Waals surface area contributed by atoms with E-state index < -0.39 is 0 Å². The van der Waals surface area contributed by atoms with Crippen molar-refractivity contribution in [1.29, 1.82) is 0 Å². The van der Waals surface area contributed by atoms with Crippen LogP contribution >= 0.6 is 0 Å². The minimum Gasteiger partial charge on any atom is -0.460 e. The molecule has 1 aromatic heterocycles. The van der Waals surface area contributed by atoms with E-state index in [9.17, 15) is 4.39 Å². The first-order valence-electron chi connectivity index (χ1n) is 7.34. The van der Waals surface area contributed by atoms with Gasteiger partial charge in [-0.2, -0.15) is 0 Å². The van der Waals surface area contributed by atoms with Gasteiger partial charge in [0.25, 0.3) is 0 Å². The molecule has 0 spiro atoms. The van der Waals surface area contributed by atoms with Crippen LogP contribution in [0.15, 0.2) is 40.8 Å². The summed E-state index contributed by atoms with van der Waals surface area (Å²) in [5.41, 5.74) is 0.834. The smallest absolute Gasteiger partial charge is 0.134 e. The van der Waals surface area contributed by atoms with Gasteiger partial charge in [0.1, 0.15) is 17.3 Å². The molecule has 3 rings (SSSR count). The van der Waals surface area contributed by atoms with E-state index in [1.54, 1.807) is 12.1 Å². The highest BCUT2D eigenvalue weighted by molar-refractivity contribution is 5.57. The summed E-state index contributed by atoms with van der Waals surface area (Å²) in [5.74, 6) is 1.39. The Bertz CT molecular complexity index is 585. The highest BCUT2D eigenvalue weighted by atomic mass is 19.1. The summed E-state index contributed by atoms with van der Waals surface area (Å²) < 4.78 is 24.4. The first kappa shape index (κ1) is 14.3. The fourth-order valence-electron chi connectivity index (χ4n) is 2.67. The Kier molecular flexibility index (Phi) is 4.08. The van der Waals surface area contributed by atoms with Gasteiger partial charge in [-0.3, -0.25) is 0 Å². The number of halogens is 1. The molecule has 0 bridgehead atoms. The number of benzene rings is 1. The van der Waals surface area contributed by atoms with Crippen LogP contribution in [0.2, 0.25) is 0 Å². The largest absolute Gasteiger partial charge is 0.460 e. The Morgan fingerprint density at radius 3 is 2.71 bits per heavy atom. The van der Waals surface area contributed by atoms with Crippen LogP contribution in [0.1, 0.15) is 25.5 Å². The zero-order chi connectivity index (χ0) is 14.7. The molecule has 1 saturated heterocycles. The maximum Gasteiger partial charge on any atom is 0.134 e. The molecule has 0 saturated carbocycles. The molecule has 0 aliphatic carbocycles. The van der Waals surface area contributed by atoms with Gasteiger partial charge in [0.15, 0.2) is 0 Å². The fourth-order valence-corrected chi connectivity index (χ4v) is 2.67. The van der Waals surface area contributed by atoms with E-state index in [1.807, 2.05) is 12.1 Å². The Hall–Kier alpha value is -1.65. The summed E-state index contributed by atoms with van der Waals surface area (Å²) in [6.45, 7) is 4.48. The van der Waals surface area contributed by atoms with Crippen molar-refractivity contribution in [3.05, 3.63) is 48.0 Å². The number of hydrogen-bond donors (Lipinski definition) is 1. The normalized spacial score (nSPS) is 21.8. The second-order valence-corrected chi connectivity index (χ2v) is 5.78. The standard InChI is InChI=1S/C17H20FNO2/c1-17(9-2-10-20-17)12-19-11-15-7-8-16(21-15)13-3-5-14(18)6-4-13/h3-8,19H,2,9-12H2,1H3. The number of furan rings is 1. The van der Waals surface area contributed by atoms with Crippen molar-refractivity contribution in [2.75, 3.05) is 13.2 Å². The third kappa shape index (κ3) is 3.52. The van der Waals surface area contributed by atoms with E-state index in [0.29, 0.717) is 6.54 Å². The topological polar surface area (TPSA) is 34.4 Å². The molecule has 2 heterocycles. The van der Waals surface area contributed by atoms with Crippen LogP contribution in [0.5, 0.6) is 0 Å². The third-order valence-electron chi connectivity index (χ3n) is 3.89. The van der Waals surface area contributed by atoms with Crippen LogP contribution in [0.4, 0.5) is 4.39 Å². The molecular weight excluding hydrogens is 269 g/mol. The maximum absolute atomic E-state index is 12.9. The summed E-state index contributed by atoms with van der Waals surface area (Å²) in [4.78, 5) is 0. The lowest BCUT2D eigenvalue weighted by Crippen LogP contribution is -2.36. The Balaban J connectivity index is 1.56. The third-order valence-corrected chi connectivity index (χ3v) is 3.89. The van der Waals surface area contributed by atoms with Crippen LogP contribution in [-0.2, 0) is 11.3 Å². The van der Waals surface area contributed by atoms with Gasteiger partial charge in [-0.15, -0.1) is 0 Å². The van der Waals surface area contributed by atoms with Gasteiger partial charge >= 0.3 is 0 Å². The maximum atomic E-state index is 12.9. The predicted molar refractivity (Wildman–Crippen MR) is 79.4 cm³/mol. The second-order valence-electron chi connectivity index (χ2n) is 5.78. The molecule has 1 atom stereocenters. The van der Waals surface area contributed by atoms with Crippen LogP contribution in [-0.4, -0.2) is 18.8 Å². The fraction of sp³-hybridized carbons (Fsp3) is 0.412. The van der Waals surface area contributed by atoms with E-state index in [-0.39, 0.29) is 11.4 Å².